The Morgan fingerprint density at radius 1 is 1.47 bits per heavy atom. The molecule has 0 spiro atoms. The molecule has 2 N–H and O–H groups in total. The fourth-order valence-electron chi connectivity index (χ4n) is 1.99. The minimum Gasteiger partial charge on any atom is -0.504 e. The molecule has 15 heavy (non-hydrogen) atoms. The standard InChI is InChI=1S/C12H17NO2/c1-8(2)13-10-6-9-4-3-5-11(14)12(9)15-7-10/h3-5,8,10,13-14H,6-7H2,1-2H3. The Kier molecular flexibility index (Phi) is 2.82. The van der Waals surface area contributed by atoms with Gasteiger partial charge in [0.2, 0.25) is 0 Å². The molecule has 1 aliphatic heterocycles. The molecule has 0 saturated carbocycles. The second kappa shape index (κ2) is 4.11. The van der Waals surface area contributed by atoms with Crippen LogP contribution in [0, 0.1) is 0 Å². The second-order valence-corrected chi connectivity index (χ2v) is 4.30. The predicted octanol–water partition coefficient (Wildman–Crippen LogP) is 1.69. The Labute approximate surface area is 90.1 Å². The van der Waals surface area contributed by atoms with E-state index >= 15 is 0 Å². The maximum atomic E-state index is 9.58. The summed E-state index contributed by atoms with van der Waals surface area (Å²) in [6, 6.07) is 6.32. The summed E-state index contributed by atoms with van der Waals surface area (Å²) in [4.78, 5) is 0. The van der Waals surface area contributed by atoms with Gasteiger partial charge in [-0.1, -0.05) is 26.0 Å². The van der Waals surface area contributed by atoms with Gasteiger partial charge in [-0.15, -0.1) is 0 Å². The van der Waals surface area contributed by atoms with E-state index in [2.05, 4.69) is 19.2 Å². The maximum absolute atomic E-state index is 9.58. The molecule has 0 fully saturated rings. The zero-order valence-electron chi connectivity index (χ0n) is 9.16. The van der Waals surface area contributed by atoms with Gasteiger partial charge in [0.1, 0.15) is 6.61 Å². The largest absolute Gasteiger partial charge is 0.504 e. The fraction of sp³-hybridized carbons (Fsp3) is 0.500. The van der Waals surface area contributed by atoms with Crippen LogP contribution in [-0.4, -0.2) is 23.8 Å². The number of para-hydroxylation sites is 1. The fourth-order valence-corrected chi connectivity index (χ4v) is 1.99. The summed E-state index contributed by atoms with van der Waals surface area (Å²) in [5, 5.41) is 13.0. The Morgan fingerprint density at radius 3 is 3.00 bits per heavy atom. The van der Waals surface area contributed by atoms with Crippen LogP contribution in [-0.2, 0) is 6.42 Å². The van der Waals surface area contributed by atoms with E-state index in [1.165, 1.54) is 0 Å². The van der Waals surface area contributed by atoms with Crippen LogP contribution in [0.5, 0.6) is 11.5 Å². The summed E-state index contributed by atoms with van der Waals surface area (Å²) < 4.78 is 5.56. The number of phenols is 1. The molecule has 1 aromatic rings. The first-order valence-corrected chi connectivity index (χ1v) is 5.36. The molecular weight excluding hydrogens is 190 g/mol. The zero-order valence-corrected chi connectivity index (χ0v) is 9.16. The normalized spacial score (nSPS) is 19.8. The van der Waals surface area contributed by atoms with Crippen molar-refractivity contribution in [2.75, 3.05) is 6.61 Å². The van der Waals surface area contributed by atoms with Crippen molar-refractivity contribution in [3.8, 4) is 11.5 Å². The van der Waals surface area contributed by atoms with Gasteiger partial charge in [0.25, 0.3) is 0 Å². The summed E-state index contributed by atoms with van der Waals surface area (Å²) in [6.45, 7) is 4.87. The highest BCUT2D eigenvalue weighted by molar-refractivity contribution is 5.47. The SMILES string of the molecule is CC(C)NC1COc2c(O)cccc2C1. The lowest BCUT2D eigenvalue weighted by Crippen LogP contribution is -2.42. The van der Waals surface area contributed by atoms with Crippen molar-refractivity contribution in [3.05, 3.63) is 23.8 Å². The smallest absolute Gasteiger partial charge is 0.164 e. The maximum Gasteiger partial charge on any atom is 0.164 e. The topological polar surface area (TPSA) is 41.5 Å². The lowest BCUT2D eigenvalue weighted by Gasteiger charge is -2.27. The van der Waals surface area contributed by atoms with Crippen molar-refractivity contribution in [3.63, 3.8) is 0 Å². The molecule has 1 heterocycles. The van der Waals surface area contributed by atoms with Gasteiger partial charge >= 0.3 is 0 Å². The average molecular weight is 207 g/mol. The van der Waals surface area contributed by atoms with Gasteiger partial charge in [0.05, 0.1) is 0 Å². The molecule has 0 saturated heterocycles. The van der Waals surface area contributed by atoms with Crippen LogP contribution < -0.4 is 10.1 Å². The van der Waals surface area contributed by atoms with E-state index in [0.717, 1.165) is 12.0 Å². The Balaban J connectivity index is 2.13. The molecule has 82 valence electrons. The molecule has 0 bridgehead atoms. The van der Waals surface area contributed by atoms with Crippen molar-refractivity contribution in [2.45, 2.75) is 32.4 Å². The van der Waals surface area contributed by atoms with E-state index in [1.54, 1.807) is 6.07 Å². The number of rotatable bonds is 2. The number of nitrogens with one attached hydrogen (secondary N) is 1. The highest BCUT2D eigenvalue weighted by Crippen LogP contribution is 2.33. The van der Waals surface area contributed by atoms with Gasteiger partial charge in [0, 0.05) is 12.1 Å². The molecule has 1 unspecified atom stereocenters. The van der Waals surface area contributed by atoms with Crippen molar-refractivity contribution in [1.29, 1.82) is 0 Å². The zero-order chi connectivity index (χ0) is 10.8. The van der Waals surface area contributed by atoms with Gasteiger partial charge in [0.15, 0.2) is 11.5 Å². The summed E-state index contributed by atoms with van der Waals surface area (Å²) in [7, 11) is 0. The molecule has 0 aromatic heterocycles. The summed E-state index contributed by atoms with van der Waals surface area (Å²) in [5.74, 6) is 0.898. The van der Waals surface area contributed by atoms with E-state index in [9.17, 15) is 5.11 Å². The van der Waals surface area contributed by atoms with Gasteiger partial charge in [-0.2, -0.15) is 0 Å². The average Bonchev–Trinajstić information content (AvgIpc) is 2.17. The molecule has 0 aliphatic carbocycles. The molecular formula is C12H17NO2. The Hall–Kier alpha value is -1.22. The van der Waals surface area contributed by atoms with Crippen LogP contribution >= 0.6 is 0 Å². The van der Waals surface area contributed by atoms with Gasteiger partial charge in [-0.3, -0.25) is 0 Å². The van der Waals surface area contributed by atoms with E-state index in [-0.39, 0.29) is 5.75 Å². The molecule has 0 amide bonds. The van der Waals surface area contributed by atoms with Crippen molar-refractivity contribution < 1.29 is 9.84 Å². The molecule has 2 rings (SSSR count). The number of hydrogen-bond donors (Lipinski definition) is 2. The second-order valence-electron chi connectivity index (χ2n) is 4.30. The molecule has 3 heteroatoms. The number of benzene rings is 1. The highest BCUT2D eigenvalue weighted by atomic mass is 16.5. The summed E-state index contributed by atoms with van der Waals surface area (Å²) >= 11 is 0. The monoisotopic (exact) mass is 207 g/mol. The lowest BCUT2D eigenvalue weighted by molar-refractivity contribution is 0.222. The summed E-state index contributed by atoms with van der Waals surface area (Å²) in [6.07, 6.45) is 0.919. The first kappa shape index (κ1) is 10.3. The highest BCUT2D eigenvalue weighted by Gasteiger charge is 2.21. The van der Waals surface area contributed by atoms with Crippen LogP contribution in [0.15, 0.2) is 18.2 Å². The van der Waals surface area contributed by atoms with Crippen LogP contribution in [0.25, 0.3) is 0 Å². The van der Waals surface area contributed by atoms with Gasteiger partial charge in [-0.25, -0.2) is 0 Å². The van der Waals surface area contributed by atoms with Crippen LogP contribution in [0.1, 0.15) is 19.4 Å². The third-order valence-corrected chi connectivity index (χ3v) is 2.54. The first-order chi connectivity index (χ1) is 7.16. The minimum atomic E-state index is 0.246. The number of ether oxygens (including phenoxy) is 1. The third kappa shape index (κ3) is 2.23. The van der Waals surface area contributed by atoms with Crippen molar-refractivity contribution in [2.24, 2.45) is 0 Å². The first-order valence-electron chi connectivity index (χ1n) is 5.36. The number of phenolic OH excluding ortho intramolecular Hbond substituents is 1. The van der Waals surface area contributed by atoms with Crippen LogP contribution in [0.2, 0.25) is 0 Å². The van der Waals surface area contributed by atoms with Crippen LogP contribution in [0.3, 0.4) is 0 Å². The minimum absolute atomic E-state index is 0.246. The Morgan fingerprint density at radius 2 is 2.27 bits per heavy atom. The van der Waals surface area contributed by atoms with Crippen molar-refractivity contribution >= 4 is 0 Å². The predicted molar refractivity (Wildman–Crippen MR) is 59.4 cm³/mol. The summed E-state index contributed by atoms with van der Waals surface area (Å²) in [5.41, 5.74) is 1.08. The van der Waals surface area contributed by atoms with Crippen LogP contribution in [0.4, 0.5) is 0 Å². The molecule has 1 atom stereocenters. The number of hydrogen-bond acceptors (Lipinski definition) is 3. The molecule has 0 radical (unpaired) electrons. The Bertz CT molecular complexity index is 349. The number of aromatic hydroxyl groups is 1. The van der Waals surface area contributed by atoms with E-state index in [1.807, 2.05) is 12.1 Å². The molecule has 1 aromatic carbocycles. The lowest BCUT2D eigenvalue weighted by atomic mass is 10.0. The van der Waals surface area contributed by atoms with Gasteiger partial charge in [-0.05, 0) is 18.1 Å². The van der Waals surface area contributed by atoms with Crippen molar-refractivity contribution in [1.82, 2.24) is 5.32 Å². The van der Waals surface area contributed by atoms with E-state index in [0.29, 0.717) is 24.4 Å². The molecule has 1 aliphatic rings. The third-order valence-electron chi connectivity index (χ3n) is 2.54. The quantitative estimate of drug-likeness (QED) is 0.775. The van der Waals surface area contributed by atoms with Gasteiger partial charge < -0.3 is 15.2 Å². The van der Waals surface area contributed by atoms with E-state index in [4.69, 9.17) is 4.74 Å². The molecule has 3 nitrogen and oxygen atoms in total. The number of fused-ring (bicyclic) bond motifs is 1. The van der Waals surface area contributed by atoms with E-state index < -0.39 is 0 Å².